The van der Waals surface area contributed by atoms with Gasteiger partial charge in [0, 0.05) is 10.6 Å². The molecule has 2 N–H and O–H groups in total. The van der Waals surface area contributed by atoms with Gasteiger partial charge in [-0.3, -0.25) is 0 Å². The number of halogens is 3. The van der Waals surface area contributed by atoms with Crippen LogP contribution in [0.1, 0.15) is 11.6 Å². The number of nitriles is 1. The molecule has 0 aliphatic rings. The quantitative estimate of drug-likeness (QED) is 0.760. The van der Waals surface area contributed by atoms with Gasteiger partial charge in [0.05, 0.1) is 16.1 Å². The van der Waals surface area contributed by atoms with Gasteiger partial charge in [-0.25, -0.2) is 0 Å². The van der Waals surface area contributed by atoms with Crippen molar-refractivity contribution in [1.29, 1.82) is 5.26 Å². The van der Waals surface area contributed by atoms with E-state index in [0.717, 1.165) is 0 Å². The van der Waals surface area contributed by atoms with Crippen molar-refractivity contribution in [3.63, 3.8) is 0 Å². The molecule has 5 heteroatoms. The van der Waals surface area contributed by atoms with Crippen molar-refractivity contribution < 1.29 is 0 Å². The van der Waals surface area contributed by atoms with Crippen LogP contribution in [0.15, 0.2) is 12.1 Å². The molecule has 1 atom stereocenters. The van der Waals surface area contributed by atoms with Gasteiger partial charge in [-0.05, 0) is 12.1 Å². The van der Waals surface area contributed by atoms with E-state index in [2.05, 4.69) is 0 Å². The first-order valence-electron chi connectivity index (χ1n) is 3.36. The van der Waals surface area contributed by atoms with Gasteiger partial charge < -0.3 is 5.73 Å². The molecular formula is C8H5Cl3N2. The van der Waals surface area contributed by atoms with Gasteiger partial charge in [-0.15, -0.1) is 0 Å². The lowest BCUT2D eigenvalue weighted by atomic mass is 10.1. The molecule has 0 heterocycles. The zero-order valence-electron chi connectivity index (χ0n) is 6.39. The zero-order valence-corrected chi connectivity index (χ0v) is 8.66. The summed E-state index contributed by atoms with van der Waals surface area (Å²) in [4.78, 5) is 0. The molecule has 1 aromatic carbocycles. The number of nitrogens with two attached hydrogens (primary N) is 1. The minimum atomic E-state index is -0.848. The maximum atomic E-state index is 8.59. The maximum Gasteiger partial charge on any atom is 0.121 e. The summed E-state index contributed by atoms with van der Waals surface area (Å²) >= 11 is 17.4. The van der Waals surface area contributed by atoms with Gasteiger partial charge >= 0.3 is 0 Å². The molecule has 0 fully saturated rings. The normalized spacial score (nSPS) is 12.2. The SMILES string of the molecule is N#C[C@H](N)c1c(Cl)ccc(Cl)c1Cl. The van der Waals surface area contributed by atoms with Crippen LogP contribution >= 0.6 is 34.8 Å². The third-order valence-electron chi connectivity index (χ3n) is 1.53. The van der Waals surface area contributed by atoms with Crippen molar-refractivity contribution >= 4 is 34.8 Å². The average Bonchev–Trinajstić information content (AvgIpc) is 2.12. The molecular weight excluding hydrogens is 230 g/mol. The van der Waals surface area contributed by atoms with Crippen LogP contribution in [0.4, 0.5) is 0 Å². The summed E-state index contributed by atoms with van der Waals surface area (Å²) in [6, 6.07) is 4.11. The molecule has 0 spiro atoms. The highest BCUT2D eigenvalue weighted by Gasteiger charge is 2.15. The number of rotatable bonds is 1. The second-order valence-electron chi connectivity index (χ2n) is 2.36. The Morgan fingerprint density at radius 3 is 2.31 bits per heavy atom. The molecule has 0 aromatic heterocycles. The lowest BCUT2D eigenvalue weighted by Gasteiger charge is -2.09. The van der Waals surface area contributed by atoms with E-state index in [1.165, 1.54) is 0 Å². The molecule has 1 aromatic rings. The number of hydrogen-bond donors (Lipinski definition) is 1. The lowest BCUT2D eigenvalue weighted by molar-refractivity contribution is 0.927. The van der Waals surface area contributed by atoms with Crippen LogP contribution in [0.3, 0.4) is 0 Å². The van der Waals surface area contributed by atoms with Crippen LogP contribution in [-0.2, 0) is 0 Å². The van der Waals surface area contributed by atoms with Crippen molar-refractivity contribution in [2.45, 2.75) is 6.04 Å². The van der Waals surface area contributed by atoms with E-state index in [4.69, 9.17) is 45.8 Å². The second kappa shape index (κ2) is 4.17. The minimum Gasteiger partial charge on any atom is -0.312 e. The van der Waals surface area contributed by atoms with Crippen LogP contribution < -0.4 is 5.73 Å². The largest absolute Gasteiger partial charge is 0.312 e. The van der Waals surface area contributed by atoms with Crippen molar-refractivity contribution in [3.05, 3.63) is 32.8 Å². The van der Waals surface area contributed by atoms with E-state index in [-0.39, 0.29) is 5.02 Å². The third-order valence-corrected chi connectivity index (χ3v) is 2.68. The molecule has 2 nitrogen and oxygen atoms in total. The van der Waals surface area contributed by atoms with Crippen LogP contribution in [0.5, 0.6) is 0 Å². The summed E-state index contributed by atoms with van der Waals surface area (Å²) in [6.45, 7) is 0. The van der Waals surface area contributed by atoms with Crippen LogP contribution in [0.25, 0.3) is 0 Å². The summed E-state index contributed by atoms with van der Waals surface area (Å²) in [5.41, 5.74) is 5.85. The Balaban J connectivity index is 3.35. The van der Waals surface area contributed by atoms with E-state index in [9.17, 15) is 0 Å². The van der Waals surface area contributed by atoms with E-state index >= 15 is 0 Å². The zero-order chi connectivity index (χ0) is 10.0. The smallest absolute Gasteiger partial charge is 0.121 e. The fourth-order valence-corrected chi connectivity index (χ4v) is 1.66. The summed E-state index contributed by atoms with van der Waals surface area (Å²) in [5.74, 6) is 0. The van der Waals surface area contributed by atoms with Crippen molar-refractivity contribution in [1.82, 2.24) is 0 Å². The molecule has 0 unspecified atom stereocenters. The number of benzene rings is 1. The fraction of sp³-hybridized carbons (Fsp3) is 0.125. The van der Waals surface area contributed by atoms with E-state index in [1.54, 1.807) is 12.1 Å². The summed E-state index contributed by atoms with van der Waals surface area (Å²) < 4.78 is 0. The molecule has 0 radical (unpaired) electrons. The van der Waals surface area contributed by atoms with E-state index in [1.807, 2.05) is 6.07 Å². The Morgan fingerprint density at radius 1 is 1.23 bits per heavy atom. The Labute approximate surface area is 90.8 Å². The van der Waals surface area contributed by atoms with Crippen LogP contribution in [0, 0.1) is 11.3 Å². The molecule has 0 bridgehead atoms. The Kier molecular flexibility index (Phi) is 3.40. The maximum absolute atomic E-state index is 8.59. The molecule has 0 aliphatic carbocycles. The van der Waals surface area contributed by atoms with Crippen LogP contribution in [-0.4, -0.2) is 0 Å². The lowest BCUT2D eigenvalue weighted by Crippen LogP contribution is -2.08. The van der Waals surface area contributed by atoms with Crippen LogP contribution in [0.2, 0.25) is 15.1 Å². The molecule has 0 aliphatic heterocycles. The average molecular weight is 236 g/mol. The Bertz CT molecular complexity index is 370. The predicted molar refractivity (Wildman–Crippen MR) is 54.0 cm³/mol. The summed E-state index contributed by atoms with van der Waals surface area (Å²) in [6.07, 6.45) is 0. The molecule has 68 valence electrons. The van der Waals surface area contributed by atoms with Gasteiger partial charge in [-0.1, -0.05) is 34.8 Å². The molecule has 0 saturated carbocycles. The first-order chi connectivity index (χ1) is 6.07. The van der Waals surface area contributed by atoms with Gasteiger partial charge in [0.1, 0.15) is 6.04 Å². The summed E-state index contributed by atoms with van der Waals surface area (Å²) in [5, 5.41) is 9.52. The standard InChI is InChI=1S/C8H5Cl3N2/c9-4-1-2-5(10)8(11)7(4)6(13)3-12/h1-2,6H,13H2/t6-/m0/s1. The van der Waals surface area contributed by atoms with Crippen molar-refractivity contribution in [3.8, 4) is 6.07 Å². The topological polar surface area (TPSA) is 49.8 Å². The molecule has 13 heavy (non-hydrogen) atoms. The molecule has 0 amide bonds. The highest BCUT2D eigenvalue weighted by Crippen LogP contribution is 2.34. The van der Waals surface area contributed by atoms with E-state index < -0.39 is 6.04 Å². The third kappa shape index (κ3) is 2.07. The number of hydrogen-bond acceptors (Lipinski definition) is 2. The second-order valence-corrected chi connectivity index (χ2v) is 3.56. The van der Waals surface area contributed by atoms with Gasteiger partial charge in [0.25, 0.3) is 0 Å². The fourth-order valence-electron chi connectivity index (χ4n) is 0.892. The monoisotopic (exact) mass is 234 g/mol. The van der Waals surface area contributed by atoms with Gasteiger partial charge in [-0.2, -0.15) is 5.26 Å². The predicted octanol–water partition coefficient (Wildman–Crippen LogP) is 3.17. The van der Waals surface area contributed by atoms with Gasteiger partial charge in [0.15, 0.2) is 0 Å². The highest BCUT2D eigenvalue weighted by atomic mass is 35.5. The van der Waals surface area contributed by atoms with Crippen molar-refractivity contribution in [2.75, 3.05) is 0 Å². The first-order valence-corrected chi connectivity index (χ1v) is 4.50. The number of nitrogens with zero attached hydrogens (tertiary/aromatic N) is 1. The highest BCUT2D eigenvalue weighted by molar-refractivity contribution is 6.44. The Hall–Kier alpha value is -0.460. The van der Waals surface area contributed by atoms with E-state index in [0.29, 0.717) is 15.6 Å². The summed E-state index contributed by atoms with van der Waals surface area (Å²) in [7, 11) is 0. The van der Waals surface area contributed by atoms with Crippen molar-refractivity contribution in [2.24, 2.45) is 5.73 Å². The Morgan fingerprint density at radius 2 is 1.77 bits per heavy atom. The molecule has 1 rings (SSSR count). The van der Waals surface area contributed by atoms with Gasteiger partial charge in [0.2, 0.25) is 0 Å². The minimum absolute atomic E-state index is 0.239. The molecule has 0 saturated heterocycles. The first kappa shape index (κ1) is 10.6.